The quantitative estimate of drug-likeness (QED) is 0.635. The van der Waals surface area contributed by atoms with Crippen LogP contribution >= 0.6 is 0 Å². The van der Waals surface area contributed by atoms with E-state index in [-0.39, 0.29) is 18.2 Å². The molecule has 2 amide bonds. The van der Waals surface area contributed by atoms with Crippen molar-refractivity contribution in [2.45, 2.75) is 6.04 Å². The number of carbonyl (C=O) groups is 3. The van der Waals surface area contributed by atoms with E-state index in [1.807, 2.05) is 6.07 Å². The molecular weight excluding hydrogens is 366 g/mol. The number of rotatable bonds is 6. The molecule has 0 unspecified atom stereocenters. The molecule has 2 heterocycles. The van der Waals surface area contributed by atoms with Crippen LogP contribution in [-0.4, -0.2) is 60.6 Å². The largest absolute Gasteiger partial charge is 0.478 e. The second-order valence-electron chi connectivity index (χ2n) is 6.23. The standard InChI is InChI=1S/C19H21N3O6/c23-17(18(24)21-14-5-3-13(4-6-14)19(25)26)20-12-15(16-2-1-9-28-16)22-7-10-27-11-8-22/h1-6,9,15H,7-8,10-12H2,(H,20,23)(H,21,24)(H,25,26)/t15-/m1/s1. The van der Waals surface area contributed by atoms with Crippen molar-refractivity contribution < 1.29 is 28.6 Å². The van der Waals surface area contributed by atoms with E-state index in [4.69, 9.17) is 14.3 Å². The number of hydrogen-bond acceptors (Lipinski definition) is 6. The number of amides is 2. The first-order valence-corrected chi connectivity index (χ1v) is 8.82. The van der Waals surface area contributed by atoms with Crippen LogP contribution in [0.25, 0.3) is 0 Å². The number of carbonyl (C=O) groups excluding carboxylic acids is 2. The molecule has 0 aliphatic carbocycles. The molecule has 9 nitrogen and oxygen atoms in total. The van der Waals surface area contributed by atoms with E-state index in [0.29, 0.717) is 37.8 Å². The summed E-state index contributed by atoms with van der Waals surface area (Å²) < 4.78 is 10.8. The summed E-state index contributed by atoms with van der Waals surface area (Å²) in [5, 5.41) is 14.0. The number of morpholine rings is 1. The van der Waals surface area contributed by atoms with E-state index in [0.717, 1.165) is 0 Å². The van der Waals surface area contributed by atoms with Gasteiger partial charge in [-0.15, -0.1) is 0 Å². The third-order valence-corrected chi connectivity index (χ3v) is 4.41. The highest BCUT2D eigenvalue weighted by Crippen LogP contribution is 2.21. The van der Waals surface area contributed by atoms with Crippen LogP contribution in [0.3, 0.4) is 0 Å². The topological polar surface area (TPSA) is 121 Å². The number of anilines is 1. The number of nitrogens with zero attached hydrogens (tertiary/aromatic N) is 1. The van der Waals surface area contributed by atoms with E-state index < -0.39 is 17.8 Å². The molecule has 1 aromatic heterocycles. The molecule has 1 aliphatic heterocycles. The average molecular weight is 387 g/mol. The maximum Gasteiger partial charge on any atom is 0.335 e. The Hall–Kier alpha value is -3.17. The summed E-state index contributed by atoms with van der Waals surface area (Å²) in [7, 11) is 0. The highest BCUT2D eigenvalue weighted by Gasteiger charge is 2.26. The molecule has 0 saturated carbocycles. The van der Waals surface area contributed by atoms with Crippen LogP contribution in [0.2, 0.25) is 0 Å². The molecule has 3 N–H and O–H groups in total. The molecule has 2 aromatic rings. The number of furan rings is 1. The zero-order valence-corrected chi connectivity index (χ0v) is 15.1. The Balaban J connectivity index is 1.57. The number of aromatic carboxylic acids is 1. The Morgan fingerprint density at radius 2 is 1.79 bits per heavy atom. The van der Waals surface area contributed by atoms with Crippen molar-refractivity contribution in [2.75, 3.05) is 38.2 Å². The van der Waals surface area contributed by atoms with Crippen LogP contribution in [0.5, 0.6) is 0 Å². The Kier molecular flexibility index (Phi) is 6.41. The highest BCUT2D eigenvalue weighted by atomic mass is 16.5. The zero-order chi connectivity index (χ0) is 19.9. The molecule has 1 saturated heterocycles. The van der Waals surface area contributed by atoms with Gasteiger partial charge in [-0.3, -0.25) is 14.5 Å². The highest BCUT2D eigenvalue weighted by molar-refractivity contribution is 6.39. The lowest BCUT2D eigenvalue weighted by atomic mass is 10.1. The van der Waals surface area contributed by atoms with Gasteiger partial charge in [0.15, 0.2) is 0 Å². The smallest absolute Gasteiger partial charge is 0.335 e. The monoisotopic (exact) mass is 387 g/mol. The molecular formula is C19H21N3O6. The normalized spacial score (nSPS) is 15.6. The van der Waals surface area contributed by atoms with Gasteiger partial charge in [0.25, 0.3) is 0 Å². The maximum absolute atomic E-state index is 12.2. The van der Waals surface area contributed by atoms with Crippen molar-refractivity contribution in [1.82, 2.24) is 10.2 Å². The number of carboxylic acid groups (broad SMARTS) is 1. The van der Waals surface area contributed by atoms with Crippen LogP contribution in [0.4, 0.5) is 5.69 Å². The van der Waals surface area contributed by atoms with Gasteiger partial charge in [-0.05, 0) is 36.4 Å². The zero-order valence-electron chi connectivity index (χ0n) is 15.1. The van der Waals surface area contributed by atoms with Gasteiger partial charge in [-0.25, -0.2) is 4.79 Å². The molecule has 28 heavy (non-hydrogen) atoms. The van der Waals surface area contributed by atoms with Gasteiger partial charge in [0.1, 0.15) is 5.76 Å². The SMILES string of the molecule is O=C(NC[C@H](c1ccco1)N1CCOCC1)C(=O)Nc1ccc(C(=O)O)cc1. The summed E-state index contributed by atoms with van der Waals surface area (Å²) in [4.78, 5) is 37.3. The molecule has 148 valence electrons. The fraction of sp³-hybridized carbons (Fsp3) is 0.316. The first kappa shape index (κ1) is 19.6. The first-order chi connectivity index (χ1) is 13.5. The van der Waals surface area contributed by atoms with Gasteiger partial charge >= 0.3 is 17.8 Å². The molecule has 1 atom stereocenters. The lowest BCUT2D eigenvalue weighted by molar-refractivity contribution is -0.136. The number of hydrogen-bond donors (Lipinski definition) is 3. The minimum absolute atomic E-state index is 0.0919. The minimum atomic E-state index is -1.07. The average Bonchev–Trinajstić information content (AvgIpc) is 3.23. The number of benzene rings is 1. The van der Waals surface area contributed by atoms with Crippen LogP contribution in [0.1, 0.15) is 22.2 Å². The summed E-state index contributed by atoms with van der Waals surface area (Å²) in [6.45, 7) is 2.79. The van der Waals surface area contributed by atoms with E-state index in [2.05, 4.69) is 15.5 Å². The molecule has 0 bridgehead atoms. The van der Waals surface area contributed by atoms with E-state index in [9.17, 15) is 14.4 Å². The van der Waals surface area contributed by atoms with E-state index in [1.165, 1.54) is 24.3 Å². The predicted octanol–water partition coefficient (Wildman–Crippen LogP) is 1.11. The minimum Gasteiger partial charge on any atom is -0.478 e. The predicted molar refractivity (Wildman–Crippen MR) is 98.9 cm³/mol. The van der Waals surface area contributed by atoms with Crippen molar-refractivity contribution >= 4 is 23.5 Å². The third kappa shape index (κ3) is 4.96. The molecule has 9 heteroatoms. The van der Waals surface area contributed by atoms with Gasteiger partial charge in [-0.1, -0.05) is 0 Å². The lowest BCUT2D eigenvalue weighted by Gasteiger charge is -2.33. The summed E-state index contributed by atoms with van der Waals surface area (Å²) in [5.74, 6) is -1.98. The van der Waals surface area contributed by atoms with Crippen molar-refractivity contribution in [2.24, 2.45) is 0 Å². The van der Waals surface area contributed by atoms with E-state index >= 15 is 0 Å². The van der Waals surface area contributed by atoms with Gasteiger partial charge in [0, 0.05) is 25.3 Å². The van der Waals surface area contributed by atoms with Crippen molar-refractivity contribution in [3.63, 3.8) is 0 Å². The molecule has 0 spiro atoms. The van der Waals surface area contributed by atoms with Gasteiger partial charge < -0.3 is 24.9 Å². The number of nitrogens with one attached hydrogen (secondary N) is 2. The van der Waals surface area contributed by atoms with Gasteiger partial charge in [0.05, 0.1) is 31.1 Å². The van der Waals surface area contributed by atoms with Crippen LogP contribution < -0.4 is 10.6 Å². The number of carboxylic acids is 1. The lowest BCUT2D eigenvalue weighted by Crippen LogP contribution is -2.45. The summed E-state index contributed by atoms with van der Waals surface area (Å²) in [5.41, 5.74) is 0.426. The third-order valence-electron chi connectivity index (χ3n) is 4.41. The number of ether oxygens (including phenoxy) is 1. The van der Waals surface area contributed by atoms with Gasteiger partial charge in [-0.2, -0.15) is 0 Å². The van der Waals surface area contributed by atoms with E-state index in [1.54, 1.807) is 12.3 Å². The summed E-state index contributed by atoms with van der Waals surface area (Å²) in [6.07, 6.45) is 1.57. The Morgan fingerprint density at radius 1 is 1.07 bits per heavy atom. The van der Waals surface area contributed by atoms with Crippen molar-refractivity contribution in [3.8, 4) is 0 Å². The second kappa shape index (κ2) is 9.16. The summed E-state index contributed by atoms with van der Waals surface area (Å²) in [6, 6.07) is 8.95. The summed E-state index contributed by atoms with van der Waals surface area (Å²) >= 11 is 0. The fourth-order valence-electron chi connectivity index (χ4n) is 2.93. The molecule has 0 radical (unpaired) electrons. The van der Waals surface area contributed by atoms with Crippen LogP contribution in [-0.2, 0) is 14.3 Å². The van der Waals surface area contributed by atoms with Crippen LogP contribution in [0.15, 0.2) is 47.1 Å². The molecule has 1 aromatic carbocycles. The van der Waals surface area contributed by atoms with Crippen molar-refractivity contribution in [1.29, 1.82) is 0 Å². The van der Waals surface area contributed by atoms with Crippen LogP contribution in [0, 0.1) is 0 Å². The van der Waals surface area contributed by atoms with Gasteiger partial charge in [0.2, 0.25) is 0 Å². The Labute approximate surface area is 161 Å². The Bertz CT molecular complexity index is 813. The van der Waals surface area contributed by atoms with Crippen molar-refractivity contribution in [3.05, 3.63) is 54.0 Å². The molecule has 1 aliphatic rings. The Morgan fingerprint density at radius 3 is 2.39 bits per heavy atom. The molecule has 1 fully saturated rings. The second-order valence-corrected chi connectivity index (χ2v) is 6.23. The first-order valence-electron chi connectivity index (χ1n) is 8.82. The fourth-order valence-corrected chi connectivity index (χ4v) is 2.93. The maximum atomic E-state index is 12.2. The molecule has 3 rings (SSSR count).